The van der Waals surface area contributed by atoms with Gasteiger partial charge in [0.2, 0.25) is 0 Å². The van der Waals surface area contributed by atoms with E-state index in [0.29, 0.717) is 34.8 Å². The normalized spacial score (nSPS) is 10.2. The molecule has 1 aromatic carbocycles. The molecule has 0 atom stereocenters. The van der Waals surface area contributed by atoms with E-state index < -0.39 is 0 Å². The third-order valence-electron chi connectivity index (χ3n) is 2.89. The lowest BCUT2D eigenvalue weighted by Gasteiger charge is -2.13. The van der Waals surface area contributed by atoms with Gasteiger partial charge in [-0.25, -0.2) is 9.78 Å². The van der Waals surface area contributed by atoms with Crippen molar-refractivity contribution in [3.63, 3.8) is 0 Å². The Kier molecular flexibility index (Phi) is 6.50. The van der Waals surface area contributed by atoms with Crippen LogP contribution in [0.4, 0.5) is 10.5 Å². The van der Waals surface area contributed by atoms with Crippen molar-refractivity contribution in [3.8, 4) is 5.75 Å². The topological polar surface area (TPSA) is 63.2 Å². The van der Waals surface area contributed by atoms with E-state index in [0.717, 1.165) is 12.0 Å². The highest BCUT2D eigenvalue weighted by atomic mass is 35.5. The number of pyridine rings is 1. The van der Waals surface area contributed by atoms with Gasteiger partial charge < -0.3 is 15.4 Å². The van der Waals surface area contributed by atoms with Crippen LogP contribution in [-0.4, -0.2) is 17.6 Å². The monoisotopic (exact) mass is 353 g/mol. The van der Waals surface area contributed by atoms with Gasteiger partial charge in [-0.05, 0) is 36.2 Å². The van der Waals surface area contributed by atoms with Gasteiger partial charge in [0, 0.05) is 17.8 Å². The summed E-state index contributed by atoms with van der Waals surface area (Å²) >= 11 is 11.7. The number of hydrogen-bond acceptors (Lipinski definition) is 3. The summed E-state index contributed by atoms with van der Waals surface area (Å²) in [5.41, 5.74) is 1.37. The third kappa shape index (κ3) is 5.62. The summed E-state index contributed by atoms with van der Waals surface area (Å²) in [4.78, 5) is 16.0. The molecular weight excluding hydrogens is 337 g/mol. The van der Waals surface area contributed by atoms with Crippen molar-refractivity contribution in [2.45, 2.75) is 19.9 Å². The quantitative estimate of drug-likeness (QED) is 0.751. The summed E-state index contributed by atoms with van der Waals surface area (Å²) in [6.07, 6.45) is 2.48. The molecule has 5 nitrogen and oxygen atoms in total. The molecule has 0 aliphatic carbocycles. The SMILES string of the molecule is CCCOc1ccc(Cl)cc1NC(=O)NCc1ccc(Cl)nc1. The van der Waals surface area contributed by atoms with Crippen LogP contribution in [-0.2, 0) is 6.54 Å². The second-order valence-corrected chi connectivity index (χ2v) is 5.61. The zero-order valence-electron chi connectivity index (χ0n) is 12.6. The fourth-order valence-corrected chi connectivity index (χ4v) is 2.08. The first kappa shape index (κ1) is 17.4. The number of benzene rings is 1. The fourth-order valence-electron chi connectivity index (χ4n) is 1.80. The number of anilines is 1. The van der Waals surface area contributed by atoms with Crippen LogP contribution in [0, 0.1) is 0 Å². The summed E-state index contributed by atoms with van der Waals surface area (Å²) < 4.78 is 5.59. The maximum atomic E-state index is 12.0. The molecule has 122 valence electrons. The fraction of sp³-hybridized carbons (Fsp3) is 0.250. The Labute approximate surface area is 145 Å². The lowest BCUT2D eigenvalue weighted by molar-refractivity contribution is 0.251. The van der Waals surface area contributed by atoms with Crippen molar-refractivity contribution in [1.29, 1.82) is 0 Å². The summed E-state index contributed by atoms with van der Waals surface area (Å²) in [5, 5.41) is 6.41. The second kappa shape index (κ2) is 8.60. The number of ether oxygens (including phenoxy) is 1. The number of amides is 2. The Balaban J connectivity index is 1.96. The number of carbonyl (C=O) groups is 1. The van der Waals surface area contributed by atoms with E-state index in [1.54, 1.807) is 36.5 Å². The van der Waals surface area contributed by atoms with E-state index in [1.165, 1.54) is 0 Å². The zero-order chi connectivity index (χ0) is 16.7. The van der Waals surface area contributed by atoms with Crippen molar-refractivity contribution in [2.75, 3.05) is 11.9 Å². The average Bonchev–Trinajstić information content (AvgIpc) is 2.54. The van der Waals surface area contributed by atoms with Crippen LogP contribution in [0.25, 0.3) is 0 Å². The Hall–Kier alpha value is -1.98. The number of aromatic nitrogens is 1. The van der Waals surface area contributed by atoms with Crippen molar-refractivity contribution in [2.24, 2.45) is 0 Å². The minimum absolute atomic E-state index is 0.335. The minimum atomic E-state index is -0.358. The van der Waals surface area contributed by atoms with Crippen LogP contribution in [0.15, 0.2) is 36.5 Å². The van der Waals surface area contributed by atoms with Crippen molar-refractivity contribution >= 4 is 34.9 Å². The van der Waals surface area contributed by atoms with Crippen LogP contribution in [0.5, 0.6) is 5.75 Å². The van der Waals surface area contributed by atoms with E-state index in [-0.39, 0.29) is 6.03 Å². The van der Waals surface area contributed by atoms with Crippen LogP contribution in [0.1, 0.15) is 18.9 Å². The smallest absolute Gasteiger partial charge is 0.319 e. The van der Waals surface area contributed by atoms with Crippen molar-refractivity contribution in [1.82, 2.24) is 10.3 Å². The predicted octanol–water partition coefficient (Wildman–Crippen LogP) is 4.50. The Morgan fingerprint density at radius 1 is 1.26 bits per heavy atom. The van der Waals surface area contributed by atoms with Crippen LogP contribution in [0.3, 0.4) is 0 Å². The molecule has 0 bridgehead atoms. The molecule has 7 heteroatoms. The number of halogens is 2. The highest BCUT2D eigenvalue weighted by molar-refractivity contribution is 6.31. The Morgan fingerprint density at radius 2 is 2.09 bits per heavy atom. The molecule has 2 aromatic rings. The van der Waals surface area contributed by atoms with Gasteiger partial charge in [-0.15, -0.1) is 0 Å². The summed E-state index contributed by atoms with van der Waals surface area (Å²) in [7, 11) is 0. The maximum absolute atomic E-state index is 12.0. The van der Waals surface area contributed by atoms with Crippen LogP contribution < -0.4 is 15.4 Å². The molecule has 0 aliphatic rings. The number of carbonyl (C=O) groups excluding carboxylic acids is 1. The number of hydrogen-bond donors (Lipinski definition) is 2. The van der Waals surface area contributed by atoms with Crippen molar-refractivity contribution in [3.05, 3.63) is 52.3 Å². The van der Waals surface area contributed by atoms with Gasteiger partial charge in [0.1, 0.15) is 10.9 Å². The Morgan fingerprint density at radius 3 is 2.78 bits per heavy atom. The van der Waals surface area contributed by atoms with Gasteiger partial charge in [-0.1, -0.05) is 36.2 Å². The van der Waals surface area contributed by atoms with E-state index in [1.807, 2.05) is 6.92 Å². The molecule has 0 saturated heterocycles. The summed E-state index contributed by atoms with van der Waals surface area (Å²) in [5.74, 6) is 0.583. The zero-order valence-corrected chi connectivity index (χ0v) is 14.1. The number of urea groups is 1. The van der Waals surface area contributed by atoms with Crippen molar-refractivity contribution < 1.29 is 9.53 Å². The number of nitrogens with one attached hydrogen (secondary N) is 2. The largest absolute Gasteiger partial charge is 0.491 e. The van der Waals surface area contributed by atoms with E-state index in [2.05, 4.69) is 15.6 Å². The lowest BCUT2D eigenvalue weighted by Crippen LogP contribution is -2.28. The molecule has 1 heterocycles. The van der Waals surface area contributed by atoms with Crippen LogP contribution in [0.2, 0.25) is 10.2 Å². The van der Waals surface area contributed by atoms with Gasteiger partial charge >= 0.3 is 6.03 Å². The number of rotatable bonds is 6. The van der Waals surface area contributed by atoms with E-state index >= 15 is 0 Å². The molecule has 0 saturated carbocycles. The molecule has 0 unspecified atom stereocenters. The molecular formula is C16H17Cl2N3O2. The summed E-state index contributed by atoms with van der Waals surface area (Å²) in [6, 6.07) is 8.21. The molecule has 2 amide bonds. The third-order valence-corrected chi connectivity index (χ3v) is 3.35. The molecule has 23 heavy (non-hydrogen) atoms. The van der Waals surface area contributed by atoms with Gasteiger partial charge in [-0.3, -0.25) is 0 Å². The first-order valence-electron chi connectivity index (χ1n) is 7.16. The van der Waals surface area contributed by atoms with E-state index in [4.69, 9.17) is 27.9 Å². The highest BCUT2D eigenvalue weighted by Gasteiger charge is 2.09. The molecule has 0 aliphatic heterocycles. The van der Waals surface area contributed by atoms with Gasteiger partial charge in [-0.2, -0.15) is 0 Å². The molecule has 2 N–H and O–H groups in total. The molecule has 2 rings (SSSR count). The molecule has 0 radical (unpaired) electrons. The van der Waals surface area contributed by atoms with Gasteiger partial charge in [0.25, 0.3) is 0 Å². The van der Waals surface area contributed by atoms with E-state index in [9.17, 15) is 4.79 Å². The van der Waals surface area contributed by atoms with Crippen LogP contribution >= 0.6 is 23.2 Å². The second-order valence-electron chi connectivity index (χ2n) is 4.79. The standard InChI is InChI=1S/C16H17Cl2N3O2/c1-2-7-23-14-5-4-12(17)8-13(14)21-16(22)20-10-11-3-6-15(18)19-9-11/h3-6,8-9H,2,7,10H2,1H3,(H2,20,21,22). The van der Waals surface area contributed by atoms with Gasteiger partial charge in [0.05, 0.1) is 12.3 Å². The Bertz CT molecular complexity index is 663. The minimum Gasteiger partial charge on any atom is -0.491 e. The first-order chi connectivity index (χ1) is 11.1. The van der Waals surface area contributed by atoms with Gasteiger partial charge in [0.15, 0.2) is 0 Å². The molecule has 0 fully saturated rings. The first-order valence-corrected chi connectivity index (χ1v) is 7.91. The number of nitrogens with zero attached hydrogens (tertiary/aromatic N) is 1. The predicted molar refractivity (Wildman–Crippen MR) is 92.3 cm³/mol. The maximum Gasteiger partial charge on any atom is 0.319 e. The highest BCUT2D eigenvalue weighted by Crippen LogP contribution is 2.28. The average molecular weight is 354 g/mol. The lowest BCUT2D eigenvalue weighted by atomic mass is 10.3. The molecule has 0 spiro atoms. The summed E-state index contributed by atoms with van der Waals surface area (Å²) in [6.45, 7) is 2.91. The molecule has 1 aromatic heterocycles.